The zero-order chi connectivity index (χ0) is 14.8. The van der Waals surface area contributed by atoms with E-state index in [1.54, 1.807) is 0 Å². The molecule has 21 heavy (non-hydrogen) atoms. The molecule has 2 heterocycles. The topological polar surface area (TPSA) is 51.4 Å². The fourth-order valence-electron chi connectivity index (χ4n) is 2.83. The van der Waals surface area contributed by atoms with Crippen molar-refractivity contribution in [3.63, 3.8) is 0 Å². The molecule has 2 N–H and O–H groups in total. The van der Waals surface area contributed by atoms with Crippen LogP contribution in [-0.4, -0.2) is 41.7 Å². The minimum Gasteiger partial charge on any atom is -0.374 e. The molecule has 0 bridgehead atoms. The van der Waals surface area contributed by atoms with Gasteiger partial charge in [-0.15, -0.1) is 0 Å². The molecule has 4 heteroatoms. The van der Waals surface area contributed by atoms with E-state index in [-0.39, 0.29) is 12.1 Å². The van der Waals surface area contributed by atoms with Crippen molar-refractivity contribution >= 4 is 10.9 Å². The maximum Gasteiger partial charge on any atom is 0.0850 e. The van der Waals surface area contributed by atoms with Gasteiger partial charge in [-0.1, -0.05) is 12.1 Å². The van der Waals surface area contributed by atoms with Crippen molar-refractivity contribution in [3.05, 3.63) is 41.6 Å². The first-order chi connectivity index (χ1) is 10.1. The second kappa shape index (κ2) is 6.10. The lowest BCUT2D eigenvalue weighted by molar-refractivity contribution is -0.0403. The zero-order valence-electron chi connectivity index (χ0n) is 12.7. The summed E-state index contributed by atoms with van der Waals surface area (Å²) < 4.78 is 5.71. The standard InChI is InChI=1S/C17H23N3O/c1-12-3-5-15-9-14(4-6-16(15)19-12)10-20-7-8-21-17(11-20)13(2)18/h3-6,9,13,17H,7-8,10-11,18H2,1-2H3. The van der Waals surface area contributed by atoms with E-state index in [0.717, 1.165) is 37.5 Å². The summed E-state index contributed by atoms with van der Waals surface area (Å²) in [6.45, 7) is 7.61. The van der Waals surface area contributed by atoms with E-state index >= 15 is 0 Å². The van der Waals surface area contributed by atoms with Gasteiger partial charge in [0.05, 0.1) is 18.2 Å². The van der Waals surface area contributed by atoms with Gasteiger partial charge in [0.25, 0.3) is 0 Å². The Balaban J connectivity index is 1.74. The minimum absolute atomic E-state index is 0.0802. The normalized spacial score (nSPS) is 21.6. The monoisotopic (exact) mass is 285 g/mol. The van der Waals surface area contributed by atoms with Crippen molar-refractivity contribution in [1.29, 1.82) is 0 Å². The maximum absolute atomic E-state index is 5.95. The molecular formula is C17H23N3O. The Hall–Kier alpha value is -1.49. The molecule has 2 unspecified atom stereocenters. The second-order valence-electron chi connectivity index (χ2n) is 5.98. The Labute approximate surface area is 125 Å². The van der Waals surface area contributed by atoms with Crippen molar-refractivity contribution < 1.29 is 4.74 Å². The van der Waals surface area contributed by atoms with Gasteiger partial charge >= 0.3 is 0 Å². The van der Waals surface area contributed by atoms with E-state index < -0.39 is 0 Å². The van der Waals surface area contributed by atoms with Crippen LogP contribution in [0.1, 0.15) is 18.2 Å². The van der Waals surface area contributed by atoms with E-state index in [1.165, 1.54) is 10.9 Å². The van der Waals surface area contributed by atoms with E-state index in [2.05, 4.69) is 40.2 Å². The molecule has 1 aromatic heterocycles. The van der Waals surface area contributed by atoms with Gasteiger partial charge in [0.1, 0.15) is 0 Å². The van der Waals surface area contributed by atoms with Crippen LogP contribution in [0, 0.1) is 6.92 Å². The highest BCUT2D eigenvalue weighted by Gasteiger charge is 2.23. The van der Waals surface area contributed by atoms with Gasteiger partial charge in [-0.05, 0) is 37.6 Å². The van der Waals surface area contributed by atoms with Crippen molar-refractivity contribution in [1.82, 2.24) is 9.88 Å². The molecule has 0 saturated carbocycles. The van der Waals surface area contributed by atoms with Crippen molar-refractivity contribution in [2.75, 3.05) is 19.7 Å². The van der Waals surface area contributed by atoms with Crippen LogP contribution in [-0.2, 0) is 11.3 Å². The van der Waals surface area contributed by atoms with Gasteiger partial charge in [0.15, 0.2) is 0 Å². The largest absolute Gasteiger partial charge is 0.374 e. The van der Waals surface area contributed by atoms with E-state index in [9.17, 15) is 0 Å². The lowest BCUT2D eigenvalue weighted by Crippen LogP contribution is -2.49. The number of pyridine rings is 1. The lowest BCUT2D eigenvalue weighted by atomic mass is 10.1. The highest BCUT2D eigenvalue weighted by atomic mass is 16.5. The number of morpholine rings is 1. The van der Waals surface area contributed by atoms with E-state index in [4.69, 9.17) is 10.5 Å². The molecule has 0 radical (unpaired) electrons. The number of aryl methyl sites for hydroxylation is 1. The molecule has 0 aliphatic carbocycles. The van der Waals surface area contributed by atoms with Gasteiger partial charge in [-0.2, -0.15) is 0 Å². The number of rotatable bonds is 3. The number of fused-ring (bicyclic) bond motifs is 1. The SMILES string of the molecule is Cc1ccc2cc(CN3CCOC(C(C)N)C3)ccc2n1. The summed E-state index contributed by atoms with van der Waals surface area (Å²) in [5.41, 5.74) is 9.39. The highest BCUT2D eigenvalue weighted by Crippen LogP contribution is 2.17. The molecule has 0 spiro atoms. The Kier molecular flexibility index (Phi) is 4.19. The van der Waals surface area contributed by atoms with E-state index in [1.807, 2.05) is 13.8 Å². The summed E-state index contributed by atoms with van der Waals surface area (Å²) >= 11 is 0. The van der Waals surface area contributed by atoms with Crippen LogP contribution < -0.4 is 5.73 Å². The number of hydrogen-bond donors (Lipinski definition) is 1. The second-order valence-corrected chi connectivity index (χ2v) is 5.98. The quantitative estimate of drug-likeness (QED) is 0.938. The van der Waals surface area contributed by atoms with Crippen molar-refractivity contribution in [2.45, 2.75) is 32.5 Å². The molecule has 4 nitrogen and oxygen atoms in total. The Morgan fingerprint density at radius 1 is 1.38 bits per heavy atom. The first-order valence-corrected chi connectivity index (χ1v) is 7.57. The summed E-state index contributed by atoms with van der Waals surface area (Å²) in [4.78, 5) is 6.97. The van der Waals surface area contributed by atoms with Gasteiger partial charge in [0, 0.05) is 36.8 Å². The molecule has 1 aromatic carbocycles. The summed E-state index contributed by atoms with van der Waals surface area (Å²) in [5.74, 6) is 0. The van der Waals surface area contributed by atoms with Crippen LogP contribution in [0.3, 0.4) is 0 Å². The number of nitrogens with zero attached hydrogens (tertiary/aromatic N) is 2. The average molecular weight is 285 g/mol. The smallest absolute Gasteiger partial charge is 0.0850 e. The van der Waals surface area contributed by atoms with Crippen LogP contribution >= 0.6 is 0 Å². The molecule has 0 amide bonds. The van der Waals surface area contributed by atoms with Gasteiger partial charge in [0.2, 0.25) is 0 Å². The predicted molar refractivity (Wildman–Crippen MR) is 85.1 cm³/mol. The Bertz CT molecular complexity index is 626. The van der Waals surface area contributed by atoms with E-state index in [0.29, 0.717) is 0 Å². The van der Waals surface area contributed by atoms with Crippen LogP contribution in [0.5, 0.6) is 0 Å². The summed E-state index contributed by atoms with van der Waals surface area (Å²) in [6.07, 6.45) is 0.142. The van der Waals surface area contributed by atoms with Crippen molar-refractivity contribution in [2.24, 2.45) is 5.73 Å². The fourth-order valence-corrected chi connectivity index (χ4v) is 2.83. The molecule has 3 rings (SSSR count). The molecule has 1 aliphatic rings. The third-order valence-electron chi connectivity index (χ3n) is 4.06. The fraction of sp³-hybridized carbons (Fsp3) is 0.471. The molecular weight excluding hydrogens is 262 g/mol. The summed E-state index contributed by atoms with van der Waals surface area (Å²) in [7, 11) is 0. The third-order valence-corrected chi connectivity index (χ3v) is 4.06. The first kappa shape index (κ1) is 14.4. The van der Waals surface area contributed by atoms with Gasteiger partial charge in [-0.25, -0.2) is 0 Å². The number of ether oxygens (including phenoxy) is 1. The minimum atomic E-state index is 0.0802. The number of nitrogens with two attached hydrogens (primary N) is 1. The predicted octanol–water partition coefficient (Wildman–Crippen LogP) is 2.09. The number of hydrogen-bond acceptors (Lipinski definition) is 4. The molecule has 2 atom stereocenters. The van der Waals surface area contributed by atoms with Crippen LogP contribution in [0.25, 0.3) is 10.9 Å². The molecule has 1 saturated heterocycles. The lowest BCUT2D eigenvalue weighted by Gasteiger charge is -2.34. The molecule has 112 valence electrons. The van der Waals surface area contributed by atoms with Crippen LogP contribution in [0.4, 0.5) is 0 Å². The highest BCUT2D eigenvalue weighted by molar-refractivity contribution is 5.79. The number of aromatic nitrogens is 1. The molecule has 1 aliphatic heterocycles. The molecule has 2 aromatic rings. The van der Waals surface area contributed by atoms with Crippen LogP contribution in [0.15, 0.2) is 30.3 Å². The van der Waals surface area contributed by atoms with Crippen molar-refractivity contribution in [3.8, 4) is 0 Å². The van der Waals surface area contributed by atoms with Crippen LogP contribution in [0.2, 0.25) is 0 Å². The molecule has 1 fully saturated rings. The third kappa shape index (κ3) is 3.40. The average Bonchev–Trinajstić information content (AvgIpc) is 2.48. The first-order valence-electron chi connectivity index (χ1n) is 7.57. The Morgan fingerprint density at radius 3 is 3.05 bits per heavy atom. The summed E-state index contributed by atoms with van der Waals surface area (Å²) in [6, 6.07) is 10.8. The summed E-state index contributed by atoms with van der Waals surface area (Å²) in [5, 5.41) is 1.20. The Morgan fingerprint density at radius 2 is 2.24 bits per heavy atom. The zero-order valence-corrected chi connectivity index (χ0v) is 12.7. The maximum atomic E-state index is 5.95. The van der Waals surface area contributed by atoms with Gasteiger partial charge < -0.3 is 10.5 Å². The van der Waals surface area contributed by atoms with Gasteiger partial charge in [-0.3, -0.25) is 9.88 Å². The number of benzene rings is 1.